The molecule has 0 unspecified atom stereocenters. The summed E-state index contributed by atoms with van der Waals surface area (Å²) in [5.74, 6) is 1.85. The molecule has 3 amide bonds. The number of rotatable bonds is 7. The van der Waals surface area contributed by atoms with Crippen molar-refractivity contribution in [1.82, 2.24) is 15.5 Å². The zero-order chi connectivity index (χ0) is 23.5. The van der Waals surface area contributed by atoms with Crippen LogP contribution in [0.3, 0.4) is 0 Å². The molecule has 2 aromatic rings. The number of benzene rings is 2. The molecule has 176 valence electrons. The number of methoxy groups -OCH3 is 3. The molecule has 2 N–H and O–H groups in total. The molecular formula is C25H31N3O5. The predicted molar refractivity (Wildman–Crippen MR) is 124 cm³/mol. The van der Waals surface area contributed by atoms with Gasteiger partial charge in [-0.05, 0) is 67.1 Å². The lowest BCUT2D eigenvalue weighted by Gasteiger charge is -2.38. The monoisotopic (exact) mass is 453 g/mol. The van der Waals surface area contributed by atoms with E-state index in [0.717, 1.165) is 35.3 Å². The molecule has 1 fully saturated rings. The first-order chi connectivity index (χ1) is 15.9. The zero-order valence-electron chi connectivity index (χ0n) is 19.5. The van der Waals surface area contributed by atoms with E-state index in [2.05, 4.69) is 10.6 Å². The third-order valence-electron chi connectivity index (χ3n) is 6.22. The van der Waals surface area contributed by atoms with Crippen LogP contribution < -0.4 is 24.8 Å². The van der Waals surface area contributed by atoms with Crippen LogP contribution in [-0.4, -0.2) is 56.8 Å². The molecule has 8 nitrogen and oxygen atoms in total. The van der Waals surface area contributed by atoms with Crippen LogP contribution in [0.1, 0.15) is 42.5 Å². The van der Waals surface area contributed by atoms with E-state index in [9.17, 15) is 9.59 Å². The standard InChI is InChI=1S/C25H31N3O5/c1-15(24(29)27-18-7-8-18)26-25(30)28-12-11-17-13-21(32-3)22(33-4)14-20(17)23(28)16-5-9-19(31-2)10-6-16/h5-6,9-10,13-15,18,23H,7-8,11-12H2,1-4H3,(H,26,30)(H,27,29)/t15-,23+/m1/s1. The van der Waals surface area contributed by atoms with Crippen LogP contribution in [0, 0.1) is 0 Å². The molecule has 0 saturated heterocycles. The van der Waals surface area contributed by atoms with Gasteiger partial charge in [-0.2, -0.15) is 0 Å². The molecule has 2 aliphatic rings. The Hall–Kier alpha value is -3.42. The van der Waals surface area contributed by atoms with Gasteiger partial charge in [-0.1, -0.05) is 12.1 Å². The molecule has 2 atom stereocenters. The summed E-state index contributed by atoms with van der Waals surface area (Å²) in [4.78, 5) is 27.5. The number of urea groups is 1. The molecule has 8 heteroatoms. The van der Waals surface area contributed by atoms with E-state index in [-0.39, 0.29) is 24.0 Å². The Morgan fingerprint density at radius 1 is 1.00 bits per heavy atom. The Kier molecular flexibility index (Phi) is 6.62. The van der Waals surface area contributed by atoms with Crippen molar-refractivity contribution in [2.24, 2.45) is 0 Å². The lowest BCUT2D eigenvalue weighted by atomic mass is 9.87. The van der Waals surface area contributed by atoms with Crippen LogP contribution in [0.15, 0.2) is 36.4 Å². The first kappa shape index (κ1) is 22.8. The highest BCUT2D eigenvalue weighted by Crippen LogP contribution is 2.41. The van der Waals surface area contributed by atoms with Crippen LogP contribution in [0.5, 0.6) is 17.2 Å². The average Bonchev–Trinajstić information content (AvgIpc) is 3.66. The van der Waals surface area contributed by atoms with E-state index in [4.69, 9.17) is 14.2 Å². The SMILES string of the molecule is COc1ccc([C@H]2c3cc(OC)c(OC)cc3CCN2C(=O)N[C@H](C)C(=O)NC2CC2)cc1. The lowest BCUT2D eigenvalue weighted by molar-refractivity contribution is -0.122. The fourth-order valence-corrected chi connectivity index (χ4v) is 4.20. The number of carbonyl (C=O) groups excluding carboxylic acids is 2. The molecule has 1 aliphatic carbocycles. The Labute approximate surface area is 194 Å². The van der Waals surface area contributed by atoms with Gasteiger partial charge in [0.15, 0.2) is 11.5 Å². The summed E-state index contributed by atoms with van der Waals surface area (Å²) in [6, 6.07) is 10.6. The van der Waals surface area contributed by atoms with E-state index in [0.29, 0.717) is 24.5 Å². The number of hydrogen-bond donors (Lipinski definition) is 2. The molecule has 1 saturated carbocycles. The van der Waals surface area contributed by atoms with Gasteiger partial charge < -0.3 is 29.7 Å². The maximum Gasteiger partial charge on any atom is 0.318 e. The molecule has 1 heterocycles. The van der Waals surface area contributed by atoms with Gasteiger partial charge in [-0.15, -0.1) is 0 Å². The highest BCUT2D eigenvalue weighted by molar-refractivity contribution is 5.87. The number of carbonyl (C=O) groups is 2. The number of hydrogen-bond acceptors (Lipinski definition) is 5. The topological polar surface area (TPSA) is 89.1 Å². The fourth-order valence-electron chi connectivity index (χ4n) is 4.20. The van der Waals surface area contributed by atoms with Crippen LogP contribution in [0.4, 0.5) is 4.79 Å². The minimum Gasteiger partial charge on any atom is -0.497 e. The Bertz CT molecular complexity index is 1020. The highest BCUT2D eigenvalue weighted by atomic mass is 16.5. The molecule has 33 heavy (non-hydrogen) atoms. The molecule has 0 bridgehead atoms. The lowest BCUT2D eigenvalue weighted by Crippen LogP contribution is -2.52. The first-order valence-corrected chi connectivity index (χ1v) is 11.2. The second-order valence-electron chi connectivity index (χ2n) is 8.48. The molecule has 4 rings (SSSR count). The Morgan fingerprint density at radius 3 is 2.27 bits per heavy atom. The van der Waals surface area contributed by atoms with Gasteiger partial charge in [-0.25, -0.2) is 4.79 Å². The van der Waals surface area contributed by atoms with Crippen molar-refractivity contribution in [3.8, 4) is 17.2 Å². The van der Waals surface area contributed by atoms with E-state index < -0.39 is 6.04 Å². The number of nitrogens with one attached hydrogen (secondary N) is 2. The largest absolute Gasteiger partial charge is 0.497 e. The molecule has 0 spiro atoms. The smallest absolute Gasteiger partial charge is 0.318 e. The van der Waals surface area contributed by atoms with Crippen molar-refractivity contribution < 1.29 is 23.8 Å². The highest BCUT2D eigenvalue weighted by Gasteiger charge is 2.35. The Morgan fingerprint density at radius 2 is 1.67 bits per heavy atom. The van der Waals surface area contributed by atoms with Gasteiger partial charge in [0.2, 0.25) is 5.91 Å². The van der Waals surface area contributed by atoms with Crippen molar-refractivity contribution in [2.75, 3.05) is 27.9 Å². The van der Waals surface area contributed by atoms with Crippen LogP contribution in [-0.2, 0) is 11.2 Å². The summed E-state index contributed by atoms with van der Waals surface area (Å²) >= 11 is 0. The van der Waals surface area contributed by atoms with Crippen molar-refractivity contribution >= 4 is 11.9 Å². The summed E-state index contributed by atoms with van der Waals surface area (Å²) in [6.45, 7) is 2.21. The van der Waals surface area contributed by atoms with Gasteiger partial charge in [0.25, 0.3) is 0 Å². The minimum absolute atomic E-state index is 0.157. The van der Waals surface area contributed by atoms with Gasteiger partial charge in [-0.3, -0.25) is 4.79 Å². The van der Waals surface area contributed by atoms with Crippen LogP contribution in [0.25, 0.3) is 0 Å². The molecule has 1 aliphatic heterocycles. The van der Waals surface area contributed by atoms with E-state index in [1.54, 1.807) is 33.2 Å². The normalized spacial score (nSPS) is 18.1. The second-order valence-corrected chi connectivity index (χ2v) is 8.48. The number of amides is 3. The third kappa shape index (κ3) is 4.84. The molecule has 0 aromatic heterocycles. The van der Waals surface area contributed by atoms with Crippen molar-refractivity contribution in [3.05, 3.63) is 53.1 Å². The van der Waals surface area contributed by atoms with Gasteiger partial charge in [0.1, 0.15) is 11.8 Å². The molecular weight excluding hydrogens is 422 g/mol. The quantitative estimate of drug-likeness (QED) is 0.673. The van der Waals surface area contributed by atoms with E-state index in [1.165, 1.54) is 0 Å². The summed E-state index contributed by atoms with van der Waals surface area (Å²) in [5, 5.41) is 5.83. The third-order valence-corrected chi connectivity index (χ3v) is 6.22. The summed E-state index contributed by atoms with van der Waals surface area (Å²) in [5.41, 5.74) is 3.00. The maximum atomic E-state index is 13.4. The Balaban J connectivity index is 1.66. The van der Waals surface area contributed by atoms with Gasteiger partial charge in [0, 0.05) is 12.6 Å². The summed E-state index contributed by atoms with van der Waals surface area (Å²) < 4.78 is 16.3. The van der Waals surface area contributed by atoms with Crippen LogP contribution in [0.2, 0.25) is 0 Å². The maximum absolute atomic E-state index is 13.4. The van der Waals surface area contributed by atoms with E-state index >= 15 is 0 Å². The zero-order valence-corrected chi connectivity index (χ0v) is 19.5. The summed E-state index contributed by atoms with van der Waals surface area (Å²) in [7, 11) is 4.83. The summed E-state index contributed by atoms with van der Waals surface area (Å²) in [6.07, 6.45) is 2.67. The number of fused-ring (bicyclic) bond motifs is 1. The second kappa shape index (κ2) is 9.60. The predicted octanol–water partition coefficient (Wildman–Crippen LogP) is 3.04. The van der Waals surface area contributed by atoms with Gasteiger partial charge in [0.05, 0.1) is 27.4 Å². The van der Waals surface area contributed by atoms with Crippen molar-refractivity contribution in [1.29, 1.82) is 0 Å². The first-order valence-electron chi connectivity index (χ1n) is 11.2. The molecule has 0 radical (unpaired) electrons. The van der Waals surface area contributed by atoms with Crippen molar-refractivity contribution in [2.45, 2.75) is 44.3 Å². The minimum atomic E-state index is -0.624. The fraction of sp³-hybridized carbons (Fsp3) is 0.440. The average molecular weight is 454 g/mol. The number of nitrogens with zero attached hydrogens (tertiary/aromatic N) is 1. The number of ether oxygens (including phenoxy) is 3. The van der Waals surface area contributed by atoms with E-state index in [1.807, 2.05) is 36.4 Å². The van der Waals surface area contributed by atoms with Gasteiger partial charge >= 0.3 is 6.03 Å². The molecule has 2 aromatic carbocycles. The van der Waals surface area contributed by atoms with Crippen LogP contribution >= 0.6 is 0 Å². The van der Waals surface area contributed by atoms with Crippen molar-refractivity contribution in [3.63, 3.8) is 0 Å².